The number of hydrogen-bond acceptors (Lipinski definition) is 6. The molecule has 0 aliphatic heterocycles. The first-order valence-corrected chi connectivity index (χ1v) is 8.88. The monoisotopic (exact) mass is 400 g/mol. The second kappa shape index (κ2) is 6.82. The summed E-state index contributed by atoms with van der Waals surface area (Å²) in [5, 5.41) is 0.833. The summed E-state index contributed by atoms with van der Waals surface area (Å²) in [5.74, 6) is 4.09. The van der Waals surface area contributed by atoms with Gasteiger partial charge in [0.25, 0.3) is 5.56 Å². The quantitative estimate of drug-likeness (QED) is 0.350. The number of benzene rings is 1. The number of aryl methyl sites for hydroxylation is 1. The van der Waals surface area contributed by atoms with Crippen molar-refractivity contribution in [1.82, 2.24) is 14.5 Å². The van der Waals surface area contributed by atoms with Crippen LogP contribution in [0, 0.1) is 18.6 Å². The zero-order valence-corrected chi connectivity index (χ0v) is 15.4. The molecule has 10 heteroatoms. The van der Waals surface area contributed by atoms with Gasteiger partial charge in [-0.05, 0) is 37.3 Å². The fraction of sp³-hybridized carbons (Fsp3) is 0.211. The number of nitrogens with two attached hydrogens (primary N) is 2. The molecule has 0 saturated heterocycles. The van der Waals surface area contributed by atoms with Crippen molar-refractivity contribution in [3.05, 3.63) is 74.3 Å². The van der Waals surface area contributed by atoms with Crippen LogP contribution in [-0.4, -0.2) is 14.5 Å². The van der Waals surface area contributed by atoms with E-state index in [0.717, 1.165) is 40.1 Å². The van der Waals surface area contributed by atoms with E-state index in [-0.39, 0.29) is 28.4 Å². The molecular formula is C19H18F2N6O2. The molecule has 8 nitrogen and oxygen atoms in total. The molecule has 3 aromatic rings. The fourth-order valence-corrected chi connectivity index (χ4v) is 3.24. The predicted octanol–water partition coefficient (Wildman–Crippen LogP) is 1.98. The average molecular weight is 400 g/mol. The van der Waals surface area contributed by atoms with Crippen LogP contribution in [0.4, 0.5) is 25.8 Å². The number of nitrogen functional groups attached to an aromatic ring is 1. The third kappa shape index (κ3) is 3.27. The topological polar surface area (TPSA) is 123 Å². The SMILES string of the molecule is Cc1[nH]c(=O)n(-c2cncc(C3CC3)c2)c(=O)c1N(N)c1cc(F)c(F)cc1N. The second-order valence-electron chi connectivity index (χ2n) is 6.99. The highest BCUT2D eigenvalue weighted by Gasteiger charge is 2.25. The normalized spacial score (nSPS) is 13.5. The Balaban J connectivity index is 1.89. The summed E-state index contributed by atoms with van der Waals surface area (Å²) in [4.78, 5) is 32.4. The van der Waals surface area contributed by atoms with Gasteiger partial charge in [0.1, 0.15) is 5.69 Å². The van der Waals surface area contributed by atoms with Gasteiger partial charge in [0.05, 0.1) is 23.3 Å². The lowest BCUT2D eigenvalue weighted by atomic mass is 10.2. The van der Waals surface area contributed by atoms with Crippen molar-refractivity contribution in [1.29, 1.82) is 0 Å². The molecule has 0 radical (unpaired) electrons. The molecule has 29 heavy (non-hydrogen) atoms. The van der Waals surface area contributed by atoms with Crippen molar-refractivity contribution in [2.75, 3.05) is 10.7 Å². The molecule has 1 aromatic carbocycles. The number of rotatable bonds is 4. The van der Waals surface area contributed by atoms with E-state index in [9.17, 15) is 18.4 Å². The van der Waals surface area contributed by atoms with E-state index in [1.165, 1.54) is 13.1 Å². The Morgan fingerprint density at radius 3 is 2.55 bits per heavy atom. The van der Waals surface area contributed by atoms with Crippen LogP contribution >= 0.6 is 0 Å². The van der Waals surface area contributed by atoms with Gasteiger partial charge in [-0.15, -0.1) is 0 Å². The first-order valence-electron chi connectivity index (χ1n) is 8.88. The van der Waals surface area contributed by atoms with Crippen LogP contribution in [0.2, 0.25) is 0 Å². The zero-order chi connectivity index (χ0) is 20.9. The number of anilines is 3. The van der Waals surface area contributed by atoms with Crippen LogP contribution < -0.4 is 27.8 Å². The lowest BCUT2D eigenvalue weighted by molar-refractivity contribution is 0.509. The molecule has 2 heterocycles. The number of hydrogen-bond donors (Lipinski definition) is 3. The van der Waals surface area contributed by atoms with Crippen molar-refractivity contribution < 1.29 is 8.78 Å². The third-order valence-electron chi connectivity index (χ3n) is 4.88. The van der Waals surface area contributed by atoms with E-state index < -0.39 is 22.9 Å². The highest BCUT2D eigenvalue weighted by Crippen LogP contribution is 2.40. The summed E-state index contributed by atoms with van der Waals surface area (Å²) in [6.07, 6.45) is 5.16. The maximum Gasteiger partial charge on any atom is 0.333 e. The zero-order valence-electron chi connectivity index (χ0n) is 15.4. The molecule has 0 atom stereocenters. The van der Waals surface area contributed by atoms with Gasteiger partial charge in [-0.1, -0.05) is 0 Å². The first kappa shape index (κ1) is 18.8. The number of hydrazine groups is 1. The van der Waals surface area contributed by atoms with Gasteiger partial charge >= 0.3 is 5.69 Å². The summed E-state index contributed by atoms with van der Waals surface area (Å²) in [6.45, 7) is 1.47. The van der Waals surface area contributed by atoms with Gasteiger partial charge in [-0.25, -0.2) is 24.0 Å². The van der Waals surface area contributed by atoms with Gasteiger partial charge in [-0.2, -0.15) is 0 Å². The van der Waals surface area contributed by atoms with Gasteiger partial charge in [0, 0.05) is 24.0 Å². The van der Waals surface area contributed by atoms with Crippen LogP contribution in [-0.2, 0) is 0 Å². The average Bonchev–Trinajstić information content (AvgIpc) is 3.49. The van der Waals surface area contributed by atoms with Crippen molar-refractivity contribution >= 4 is 17.1 Å². The summed E-state index contributed by atoms with van der Waals surface area (Å²) < 4.78 is 28.0. The molecule has 0 unspecified atom stereocenters. The molecular weight excluding hydrogens is 382 g/mol. The van der Waals surface area contributed by atoms with Crippen molar-refractivity contribution in [2.45, 2.75) is 25.7 Å². The van der Waals surface area contributed by atoms with E-state index in [4.69, 9.17) is 11.6 Å². The molecule has 150 valence electrons. The third-order valence-corrected chi connectivity index (χ3v) is 4.88. The summed E-state index contributed by atoms with van der Waals surface area (Å²) in [6, 6.07) is 3.29. The van der Waals surface area contributed by atoms with Gasteiger partial charge in [0.15, 0.2) is 11.6 Å². The number of H-pyrrole nitrogens is 1. The van der Waals surface area contributed by atoms with E-state index in [0.29, 0.717) is 5.92 Å². The smallest absolute Gasteiger partial charge is 0.333 e. The highest BCUT2D eigenvalue weighted by molar-refractivity contribution is 5.74. The molecule has 1 saturated carbocycles. The van der Waals surface area contributed by atoms with E-state index in [1.54, 1.807) is 12.3 Å². The fourth-order valence-electron chi connectivity index (χ4n) is 3.24. The Labute approximate surface area is 163 Å². The minimum Gasteiger partial charge on any atom is -0.397 e. The molecule has 2 aromatic heterocycles. The van der Waals surface area contributed by atoms with Crippen molar-refractivity contribution in [3.8, 4) is 5.69 Å². The van der Waals surface area contributed by atoms with Crippen molar-refractivity contribution in [3.63, 3.8) is 0 Å². The van der Waals surface area contributed by atoms with Gasteiger partial charge < -0.3 is 10.7 Å². The lowest BCUT2D eigenvalue weighted by Gasteiger charge is -2.22. The number of nitrogens with one attached hydrogen (secondary N) is 1. The van der Waals surface area contributed by atoms with Gasteiger partial charge in [0.2, 0.25) is 0 Å². The Morgan fingerprint density at radius 2 is 1.86 bits per heavy atom. The standard InChI is InChI=1S/C19H18F2N6O2/c1-9-17(27(23)16-6-14(21)13(20)5-15(16)22)18(28)26(19(29)25-9)12-4-11(7-24-8-12)10-2-3-10/h4-8,10H,2-3,22-23H2,1H3,(H,25,29). The number of pyridine rings is 1. The van der Waals surface area contributed by atoms with E-state index >= 15 is 0 Å². The lowest BCUT2D eigenvalue weighted by Crippen LogP contribution is -2.41. The minimum absolute atomic E-state index is 0.118. The predicted molar refractivity (Wildman–Crippen MR) is 104 cm³/mol. The Morgan fingerprint density at radius 1 is 1.17 bits per heavy atom. The summed E-state index contributed by atoms with van der Waals surface area (Å²) >= 11 is 0. The molecule has 1 fully saturated rings. The molecule has 1 aliphatic carbocycles. The summed E-state index contributed by atoms with van der Waals surface area (Å²) in [7, 11) is 0. The van der Waals surface area contributed by atoms with Crippen LogP contribution in [0.25, 0.3) is 5.69 Å². The van der Waals surface area contributed by atoms with Gasteiger partial charge in [-0.3, -0.25) is 14.8 Å². The largest absolute Gasteiger partial charge is 0.397 e. The van der Waals surface area contributed by atoms with Crippen LogP contribution in [0.15, 0.2) is 40.2 Å². The minimum atomic E-state index is -1.17. The molecule has 0 bridgehead atoms. The van der Waals surface area contributed by atoms with Crippen LogP contribution in [0.3, 0.4) is 0 Å². The second-order valence-corrected chi connectivity index (χ2v) is 6.99. The highest BCUT2D eigenvalue weighted by atomic mass is 19.2. The molecule has 1 aliphatic rings. The maximum atomic E-state index is 13.7. The number of aromatic amines is 1. The Kier molecular flexibility index (Phi) is 4.42. The van der Waals surface area contributed by atoms with E-state index in [2.05, 4.69) is 9.97 Å². The molecule has 5 N–H and O–H groups in total. The van der Waals surface area contributed by atoms with E-state index in [1.807, 2.05) is 0 Å². The van der Waals surface area contributed by atoms with Crippen LogP contribution in [0.5, 0.6) is 0 Å². The summed E-state index contributed by atoms with van der Waals surface area (Å²) in [5.41, 5.74) is 5.28. The number of nitrogens with zero attached hydrogens (tertiary/aromatic N) is 3. The molecule has 0 spiro atoms. The first-order chi connectivity index (χ1) is 13.8. The Bertz CT molecular complexity index is 1230. The van der Waals surface area contributed by atoms with Crippen LogP contribution in [0.1, 0.15) is 30.0 Å². The molecule has 4 rings (SSSR count). The molecule has 0 amide bonds. The van der Waals surface area contributed by atoms with Crippen molar-refractivity contribution in [2.24, 2.45) is 5.84 Å². The number of halogens is 2. The number of aromatic nitrogens is 3. The Hall–Kier alpha value is -3.53. The maximum absolute atomic E-state index is 13.7.